The second-order valence-electron chi connectivity index (χ2n) is 4.95. The van der Waals surface area contributed by atoms with E-state index < -0.39 is 23.0 Å². The van der Waals surface area contributed by atoms with Crippen molar-refractivity contribution in [1.29, 1.82) is 0 Å². The van der Waals surface area contributed by atoms with Crippen molar-refractivity contribution in [3.63, 3.8) is 0 Å². The molecule has 0 aliphatic carbocycles. The van der Waals surface area contributed by atoms with Gasteiger partial charge >= 0.3 is 5.97 Å². The fraction of sp³-hybridized carbons (Fsp3) is 0.467. The molecule has 0 amide bonds. The molecule has 1 saturated heterocycles. The van der Waals surface area contributed by atoms with Crippen LogP contribution in [0.2, 0.25) is 0 Å². The molecule has 1 fully saturated rings. The van der Waals surface area contributed by atoms with Gasteiger partial charge in [-0.2, -0.15) is 0 Å². The standard InChI is InChI=1S/C15H16F2O4/c1-2-21-14(19)15(9-20-6-5-13(15)18)8-10-3-4-11(16)12(17)7-10/h3-4,7H,2,5-6,8-9H2,1H3. The Labute approximate surface area is 121 Å². The van der Waals surface area contributed by atoms with Crippen LogP contribution >= 0.6 is 0 Å². The number of ether oxygens (including phenoxy) is 2. The van der Waals surface area contributed by atoms with Gasteiger partial charge < -0.3 is 9.47 Å². The third kappa shape index (κ3) is 3.10. The van der Waals surface area contributed by atoms with Crippen LogP contribution in [0.25, 0.3) is 0 Å². The smallest absolute Gasteiger partial charge is 0.322 e. The fourth-order valence-corrected chi connectivity index (χ4v) is 2.39. The Morgan fingerprint density at radius 1 is 1.38 bits per heavy atom. The molecule has 1 aromatic rings. The van der Waals surface area contributed by atoms with Crippen molar-refractivity contribution >= 4 is 11.8 Å². The summed E-state index contributed by atoms with van der Waals surface area (Å²) in [6.45, 7) is 1.91. The van der Waals surface area contributed by atoms with E-state index in [0.29, 0.717) is 5.56 Å². The van der Waals surface area contributed by atoms with Crippen molar-refractivity contribution in [3.8, 4) is 0 Å². The first-order valence-corrected chi connectivity index (χ1v) is 6.72. The minimum absolute atomic E-state index is 0.0676. The number of benzene rings is 1. The summed E-state index contributed by atoms with van der Waals surface area (Å²) in [4.78, 5) is 24.4. The number of hydrogen-bond acceptors (Lipinski definition) is 4. The minimum Gasteiger partial charge on any atom is -0.465 e. The zero-order valence-electron chi connectivity index (χ0n) is 11.7. The highest BCUT2D eigenvalue weighted by molar-refractivity contribution is 6.04. The Kier molecular flexibility index (Phi) is 4.67. The highest BCUT2D eigenvalue weighted by Crippen LogP contribution is 2.32. The highest BCUT2D eigenvalue weighted by Gasteiger charge is 2.49. The van der Waals surface area contributed by atoms with Gasteiger partial charge in [-0.05, 0) is 31.0 Å². The van der Waals surface area contributed by atoms with Gasteiger partial charge in [-0.25, -0.2) is 8.78 Å². The van der Waals surface area contributed by atoms with Crippen LogP contribution in [0, 0.1) is 17.0 Å². The quantitative estimate of drug-likeness (QED) is 0.630. The molecule has 0 saturated carbocycles. The van der Waals surface area contributed by atoms with Crippen molar-refractivity contribution < 1.29 is 27.8 Å². The first kappa shape index (κ1) is 15.6. The molecule has 0 bridgehead atoms. The summed E-state index contributed by atoms with van der Waals surface area (Å²) in [7, 11) is 0. The van der Waals surface area contributed by atoms with Crippen LogP contribution in [-0.2, 0) is 25.5 Å². The molecule has 0 N–H and O–H groups in total. The molecule has 1 unspecified atom stereocenters. The lowest BCUT2D eigenvalue weighted by Gasteiger charge is -2.33. The number of hydrogen-bond donors (Lipinski definition) is 0. The van der Waals surface area contributed by atoms with E-state index in [1.54, 1.807) is 6.92 Å². The maximum Gasteiger partial charge on any atom is 0.322 e. The number of halogens is 2. The lowest BCUT2D eigenvalue weighted by Crippen LogP contribution is -2.49. The molecule has 1 atom stereocenters. The number of Topliss-reactive ketones (excluding diaryl/α,β-unsaturated/α-hetero) is 1. The number of rotatable bonds is 4. The third-order valence-electron chi connectivity index (χ3n) is 3.51. The van der Waals surface area contributed by atoms with Gasteiger partial charge in [-0.1, -0.05) is 6.07 Å². The normalized spacial score (nSPS) is 22.1. The fourth-order valence-electron chi connectivity index (χ4n) is 2.39. The second kappa shape index (κ2) is 6.30. The molecule has 2 rings (SSSR count). The van der Waals surface area contributed by atoms with E-state index in [1.807, 2.05) is 0 Å². The minimum atomic E-state index is -1.47. The summed E-state index contributed by atoms with van der Waals surface area (Å²) in [5.74, 6) is -2.97. The van der Waals surface area contributed by atoms with E-state index in [-0.39, 0.29) is 38.4 Å². The van der Waals surface area contributed by atoms with Crippen LogP contribution in [0.5, 0.6) is 0 Å². The number of carbonyl (C=O) groups is 2. The predicted octanol–water partition coefficient (Wildman–Crippen LogP) is 2.05. The largest absolute Gasteiger partial charge is 0.465 e. The maximum absolute atomic E-state index is 13.3. The Bertz CT molecular complexity index is 559. The average Bonchev–Trinajstić information content (AvgIpc) is 2.45. The van der Waals surface area contributed by atoms with Gasteiger partial charge in [0.15, 0.2) is 22.8 Å². The number of esters is 1. The predicted molar refractivity (Wildman–Crippen MR) is 69.6 cm³/mol. The van der Waals surface area contributed by atoms with Crippen LogP contribution in [0.1, 0.15) is 18.9 Å². The monoisotopic (exact) mass is 298 g/mol. The van der Waals surface area contributed by atoms with Gasteiger partial charge in [-0.15, -0.1) is 0 Å². The molecular weight excluding hydrogens is 282 g/mol. The van der Waals surface area contributed by atoms with Crippen LogP contribution in [0.3, 0.4) is 0 Å². The summed E-state index contributed by atoms with van der Waals surface area (Å²) < 4.78 is 36.5. The maximum atomic E-state index is 13.3. The summed E-state index contributed by atoms with van der Waals surface area (Å²) in [6.07, 6.45) is 0.0321. The van der Waals surface area contributed by atoms with Crippen molar-refractivity contribution in [2.24, 2.45) is 5.41 Å². The zero-order chi connectivity index (χ0) is 15.5. The van der Waals surface area contributed by atoms with Crippen molar-refractivity contribution in [2.75, 3.05) is 19.8 Å². The van der Waals surface area contributed by atoms with E-state index in [2.05, 4.69) is 0 Å². The molecule has 0 radical (unpaired) electrons. The molecule has 1 aromatic carbocycles. The van der Waals surface area contributed by atoms with E-state index in [0.717, 1.165) is 12.1 Å². The second-order valence-corrected chi connectivity index (χ2v) is 4.95. The van der Waals surface area contributed by atoms with Gasteiger partial charge in [0.25, 0.3) is 0 Å². The van der Waals surface area contributed by atoms with Crippen LogP contribution in [0.4, 0.5) is 8.78 Å². The Hall–Kier alpha value is -1.82. The lowest BCUT2D eigenvalue weighted by atomic mass is 9.76. The van der Waals surface area contributed by atoms with E-state index in [4.69, 9.17) is 9.47 Å². The lowest BCUT2D eigenvalue weighted by molar-refractivity contribution is -0.169. The van der Waals surface area contributed by atoms with E-state index in [9.17, 15) is 18.4 Å². The summed E-state index contributed by atoms with van der Waals surface area (Å²) in [6, 6.07) is 3.30. The Balaban J connectivity index is 2.33. The number of carbonyl (C=O) groups excluding carboxylic acids is 2. The van der Waals surface area contributed by atoms with Crippen molar-refractivity contribution in [1.82, 2.24) is 0 Å². The molecule has 1 heterocycles. The average molecular weight is 298 g/mol. The molecule has 114 valence electrons. The highest BCUT2D eigenvalue weighted by atomic mass is 19.2. The van der Waals surface area contributed by atoms with Crippen molar-refractivity contribution in [2.45, 2.75) is 19.8 Å². The number of ketones is 1. The molecular formula is C15H16F2O4. The van der Waals surface area contributed by atoms with Crippen LogP contribution in [0.15, 0.2) is 18.2 Å². The third-order valence-corrected chi connectivity index (χ3v) is 3.51. The molecule has 1 aliphatic heterocycles. The SMILES string of the molecule is CCOC(=O)C1(Cc2ccc(F)c(F)c2)COCCC1=O. The molecule has 1 aliphatic rings. The molecule has 6 heteroatoms. The summed E-state index contributed by atoms with van der Waals surface area (Å²) >= 11 is 0. The van der Waals surface area contributed by atoms with E-state index >= 15 is 0 Å². The molecule has 0 spiro atoms. The molecule has 0 aromatic heterocycles. The molecule has 21 heavy (non-hydrogen) atoms. The summed E-state index contributed by atoms with van der Waals surface area (Å²) in [5, 5.41) is 0. The van der Waals surface area contributed by atoms with Crippen molar-refractivity contribution in [3.05, 3.63) is 35.4 Å². The first-order valence-electron chi connectivity index (χ1n) is 6.72. The van der Waals surface area contributed by atoms with Crippen LogP contribution in [-0.4, -0.2) is 31.6 Å². The zero-order valence-corrected chi connectivity index (χ0v) is 11.7. The summed E-state index contributed by atoms with van der Waals surface area (Å²) in [5.41, 5.74) is -1.13. The van der Waals surface area contributed by atoms with Gasteiger partial charge in [0.2, 0.25) is 0 Å². The van der Waals surface area contributed by atoms with Gasteiger partial charge in [-0.3, -0.25) is 9.59 Å². The van der Waals surface area contributed by atoms with Crippen LogP contribution < -0.4 is 0 Å². The Morgan fingerprint density at radius 3 is 2.76 bits per heavy atom. The Morgan fingerprint density at radius 2 is 2.14 bits per heavy atom. The van der Waals surface area contributed by atoms with Gasteiger partial charge in [0, 0.05) is 6.42 Å². The van der Waals surface area contributed by atoms with Gasteiger partial charge in [0.1, 0.15) is 0 Å². The van der Waals surface area contributed by atoms with Gasteiger partial charge in [0.05, 0.1) is 19.8 Å². The molecule has 4 nitrogen and oxygen atoms in total. The first-order chi connectivity index (χ1) is 9.99. The topological polar surface area (TPSA) is 52.6 Å². The van der Waals surface area contributed by atoms with E-state index in [1.165, 1.54) is 6.07 Å².